The van der Waals surface area contributed by atoms with E-state index in [2.05, 4.69) is 0 Å². The molecule has 0 aromatic rings. The second-order valence-corrected chi connectivity index (χ2v) is 1.49. The minimum atomic E-state index is -0.833. The van der Waals surface area contributed by atoms with Crippen LogP contribution in [0.4, 0.5) is 0 Å². The molecule has 0 aromatic carbocycles. The van der Waals surface area contributed by atoms with E-state index in [9.17, 15) is 0 Å². The van der Waals surface area contributed by atoms with Gasteiger partial charge in [-0.1, -0.05) is 0 Å². The first kappa shape index (κ1) is 29.3. The fourth-order valence-corrected chi connectivity index (χ4v) is 0. The van der Waals surface area contributed by atoms with E-state index >= 15 is 0 Å². The van der Waals surface area contributed by atoms with Crippen molar-refractivity contribution in [3.8, 4) is 0 Å². The van der Waals surface area contributed by atoms with E-state index < -0.39 is 11.9 Å². The monoisotopic (exact) mass is 270 g/mol. The molecule has 0 aliphatic heterocycles. The van der Waals surface area contributed by atoms with E-state index in [0.717, 1.165) is 13.8 Å². The Bertz CT molecular complexity index is 104. The number of rotatable bonds is 1. The van der Waals surface area contributed by atoms with Gasteiger partial charge in [0.15, 0.2) is 0 Å². The Morgan fingerprint density at radius 3 is 1.07 bits per heavy atom. The quantitative estimate of drug-likeness (QED) is 0.365. The van der Waals surface area contributed by atoms with Crippen LogP contribution in [0.2, 0.25) is 0 Å². The molecule has 0 unspecified atom stereocenters. The minimum absolute atomic E-state index is 0. The third-order valence-corrected chi connectivity index (χ3v) is 0.1000. The number of hydrogen-bond acceptors (Lipinski definition) is 4. The van der Waals surface area contributed by atoms with E-state index in [-0.39, 0.29) is 63.7 Å². The van der Waals surface area contributed by atoms with Gasteiger partial charge in [-0.3, -0.25) is 9.59 Å². The van der Waals surface area contributed by atoms with E-state index in [1.807, 2.05) is 0 Å². The number of aliphatic hydroxyl groups excluding tert-OH is 2. The van der Waals surface area contributed by atoms with Crippen molar-refractivity contribution in [1.82, 2.24) is 0 Å². The van der Waals surface area contributed by atoms with Crippen LogP contribution in [0.25, 0.3) is 0 Å². The van der Waals surface area contributed by atoms with Gasteiger partial charge in [-0.05, 0) is 0 Å². The third-order valence-electron chi connectivity index (χ3n) is 0.1000. The van der Waals surface area contributed by atoms with Crippen molar-refractivity contribution in [2.45, 2.75) is 13.8 Å². The Morgan fingerprint density at radius 2 is 1.07 bits per heavy atom. The van der Waals surface area contributed by atoms with Crippen LogP contribution in [0.15, 0.2) is 0 Å². The van der Waals surface area contributed by atoms with Gasteiger partial charge in [-0.15, -0.1) is 0 Å². The topological polar surface area (TPSA) is 115 Å². The first-order valence-electron chi connectivity index (χ1n) is 2.99. The summed E-state index contributed by atoms with van der Waals surface area (Å²) in [5.41, 5.74) is 0. The van der Waals surface area contributed by atoms with Crippen LogP contribution in [-0.4, -0.2) is 45.6 Å². The van der Waals surface area contributed by atoms with Crippen LogP contribution in [0.1, 0.15) is 15.3 Å². The van der Waals surface area contributed by atoms with Crippen molar-refractivity contribution in [2.24, 2.45) is 0 Å². The maximum absolute atomic E-state index is 9.00. The molecule has 0 saturated carbocycles. The number of carboxylic acid groups (broad SMARTS) is 2. The number of carboxylic acids is 2. The van der Waals surface area contributed by atoms with Crippen molar-refractivity contribution in [1.29, 1.82) is 0 Å². The molecular weight excluding hydrogens is 256 g/mol. The molecule has 14 heavy (non-hydrogen) atoms. The maximum Gasteiger partial charge on any atom is 1.00 e. The maximum atomic E-state index is 9.00. The van der Waals surface area contributed by atoms with Crippen molar-refractivity contribution >= 4 is 11.9 Å². The summed E-state index contributed by atoms with van der Waals surface area (Å²) < 4.78 is 0. The summed E-state index contributed by atoms with van der Waals surface area (Å²) in [7, 11) is 0. The average Bonchev–Trinajstić information content (AvgIpc) is 1.85. The molecule has 0 heterocycles. The molecule has 78 valence electrons. The summed E-state index contributed by atoms with van der Waals surface area (Å²) in [5, 5.41) is 30.1. The van der Waals surface area contributed by atoms with Crippen molar-refractivity contribution in [2.75, 3.05) is 13.2 Å². The molecule has 0 bridgehead atoms. The zero-order chi connectivity index (χ0) is 10.6. The van der Waals surface area contributed by atoms with Crippen LogP contribution in [0.5, 0.6) is 0 Å². The Hall–Kier alpha value is 0.483. The van der Waals surface area contributed by atoms with E-state index in [1.165, 1.54) is 0 Å². The molecule has 0 atom stereocenters. The number of aliphatic carboxylic acids is 2. The van der Waals surface area contributed by atoms with E-state index in [0.29, 0.717) is 0 Å². The predicted octanol–water partition coefficient (Wildman–Crippen LogP) is -3.73. The minimum Gasteiger partial charge on any atom is -1.00 e. The van der Waals surface area contributed by atoms with Gasteiger partial charge in [0.2, 0.25) is 0 Å². The molecule has 0 aliphatic carbocycles. The van der Waals surface area contributed by atoms with Crippen LogP contribution in [0.3, 0.4) is 0 Å². The molecule has 0 radical (unpaired) electrons. The normalized spacial score (nSPS) is 5.71. The molecule has 0 aromatic heterocycles. The first-order valence-corrected chi connectivity index (χ1v) is 2.99. The number of aliphatic hydroxyl groups is 2. The molecule has 0 fully saturated rings. The summed E-state index contributed by atoms with van der Waals surface area (Å²) in [5.74, 6) is -1.67. The largest absolute Gasteiger partial charge is 1.00 e. The molecule has 6 nitrogen and oxygen atoms in total. The molecule has 4 N–H and O–H groups in total. The Morgan fingerprint density at radius 1 is 1.00 bits per heavy atom. The molecule has 8 heteroatoms. The Kier molecular flexibility index (Phi) is 61.1. The Labute approximate surface area is 119 Å². The number of hydrogen-bond donors (Lipinski definition) is 4. The fourth-order valence-electron chi connectivity index (χ4n) is 0. The van der Waals surface area contributed by atoms with Gasteiger partial charge >= 0.3 is 29.6 Å². The molecule has 0 saturated heterocycles. The summed E-state index contributed by atoms with van der Waals surface area (Å²) in [6.45, 7) is 1.92. The third kappa shape index (κ3) is 748. The van der Waals surface area contributed by atoms with Crippen LogP contribution < -0.4 is 29.6 Å². The van der Waals surface area contributed by atoms with Gasteiger partial charge in [0, 0.05) is 33.3 Å². The van der Waals surface area contributed by atoms with Gasteiger partial charge in [0.25, 0.3) is 11.9 Å². The van der Waals surface area contributed by atoms with E-state index in [1.54, 1.807) is 0 Å². The van der Waals surface area contributed by atoms with E-state index in [4.69, 9.17) is 30.0 Å². The molecular formula is C6H15NaO6Zn. The fraction of sp³-hybridized carbons (Fsp3) is 0.667. The summed E-state index contributed by atoms with van der Waals surface area (Å²) in [6, 6.07) is 0. The predicted molar refractivity (Wildman–Crippen MR) is 41.9 cm³/mol. The van der Waals surface area contributed by atoms with Gasteiger partial charge in [-0.25, -0.2) is 0 Å². The van der Waals surface area contributed by atoms with Crippen molar-refractivity contribution in [3.05, 3.63) is 0 Å². The van der Waals surface area contributed by atoms with Gasteiger partial charge < -0.3 is 21.9 Å². The van der Waals surface area contributed by atoms with Crippen molar-refractivity contribution in [3.63, 3.8) is 0 Å². The number of carbonyl (C=O) groups is 2. The van der Waals surface area contributed by atoms with Crippen LogP contribution in [0, 0.1) is 0 Å². The molecule has 0 rings (SSSR count). The molecule has 0 aliphatic rings. The van der Waals surface area contributed by atoms with Gasteiger partial charge in [0.1, 0.15) is 0 Å². The summed E-state index contributed by atoms with van der Waals surface area (Å²) >= 11 is 0. The second kappa shape index (κ2) is 29.2. The summed E-state index contributed by atoms with van der Waals surface area (Å²) in [4.78, 5) is 18.0. The summed E-state index contributed by atoms with van der Waals surface area (Å²) in [6.07, 6.45) is 0. The zero-order valence-electron chi connectivity index (χ0n) is 9.73. The SMILES string of the molecule is CC(=O)O.CC(=O)O.OCCO.[H-].[Na+].[Zn]. The molecule has 0 spiro atoms. The average molecular weight is 272 g/mol. The smallest absolute Gasteiger partial charge is 1.00 e. The molecule has 0 amide bonds. The zero-order valence-corrected chi connectivity index (χ0v) is 13.7. The second-order valence-electron chi connectivity index (χ2n) is 1.49. The van der Waals surface area contributed by atoms with Crippen molar-refractivity contribution < 1.29 is 80.5 Å². The van der Waals surface area contributed by atoms with Gasteiger partial charge in [0.05, 0.1) is 13.2 Å². The van der Waals surface area contributed by atoms with Crippen LogP contribution >= 0.6 is 0 Å². The standard InChI is InChI=1S/2C2H4O2.C2H6O2.Na.Zn.H/c2*1-2(3)4;3-1-2-4;;;/h2*1H3,(H,3,4);3-4H,1-2H2;;;/q;;;+1;;-1. The van der Waals surface area contributed by atoms with Gasteiger partial charge in [-0.2, -0.15) is 0 Å². The first-order chi connectivity index (χ1) is 5.38. The van der Waals surface area contributed by atoms with Crippen LogP contribution in [-0.2, 0) is 29.1 Å². The Balaban J connectivity index is -0.0000000184.